The number of thiophene rings is 1. The Bertz CT molecular complexity index is 716. The van der Waals surface area contributed by atoms with Crippen LogP contribution in [0.5, 0.6) is 0 Å². The Morgan fingerprint density at radius 3 is 2.67 bits per heavy atom. The average Bonchev–Trinajstić information content (AvgIpc) is 3.19. The van der Waals surface area contributed by atoms with Gasteiger partial charge in [0.25, 0.3) is 0 Å². The van der Waals surface area contributed by atoms with E-state index < -0.39 is 0 Å². The average molecular weight is 297 g/mol. The normalized spacial score (nSPS) is 20.4. The van der Waals surface area contributed by atoms with Gasteiger partial charge >= 0.3 is 0 Å². The third-order valence-electron chi connectivity index (χ3n) is 4.09. The van der Waals surface area contributed by atoms with Crippen LogP contribution < -0.4 is 5.32 Å². The van der Waals surface area contributed by atoms with E-state index >= 15 is 0 Å². The van der Waals surface area contributed by atoms with Crippen molar-refractivity contribution in [3.8, 4) is 10.4 Å². The first-order chi connectivity index (χ1) is 10.2. The molecule has 1 aromatic carbocycles. The van der Waals surface area contributed by atoms with Gasteiger partial charge in [0.2, 0.25) is 5.91 Å². The van der Waals surface area contributed by atoms with Gasteiger partial charge in [0, 0.05) is 27.7 Å². The molecule has 1 atom stereocenters. The zero-order valence-electron chi connectivity index (χ0n) is 11.5. The highest BCUT2D eigenvalue weighted by Crippen LogP contribution is 2.42. The lowest BCUT2D eigenvalue weighted by Crippen LogP contribution is -2.28. The maximum Gasteiger partial charge on any atom is 0.223 e. The third-order valence-corrected chi connectivity index (χ3v) is 5.39. The summed E-state index contributed by atoms with van der Waals surface area (Å²) in [5.74, 6) is 0.428. The van der Waals surface area contributed by atoms with Gasteiger partial charge < -0.3 is 5.32 Å². The number of benzene rings is 1. The predicted molar refractivity (Wildman–Crippen MR) is 82.3 cm³/mol. The minimum absolute atomic E-state index is 0.107. The summed E-state index contributed by atoms with van der Waals surface area (Å²) in [6.07, 6.45) is 2.38. The molecule has 2 aliphatic rings. The number of carbonyl (C=O) groups excluding carboxylic acids is 2. The van der Waals surface area contributed by atoms with E-state index in [4.69, 9.17) is 0 Å². The number of fused-ring (bicyclic) bond motifs is 1. The van der Waals surface area contributed by atoms with E-state index in [0.29, 0.717) is 6.42 Å². The van der Waals surface area contributed by atoms with Crippen molar-refractivity contribution in [1.29, 1.82) is 0 Å². The molecule has 21 heavy (non-hydrogen) atoms. The molecular weight excluding hydrogens is 282 g/mol. The summed E-state index contributed by atoms with van der Waals surface area (Å²) in [7, 11) is 0. The molecule has 1 unspecified atom stereocenters. The van der Waals surface area contributed by atoms with Crippen LogP contribution >= 0.6 is 11.3 Å². The lowest BCUT2D eigenvalue weighted by molar-refractivity contribution is -0.122. The number of nitrogens with one attached hydrogen (secondary N) is 1. The highest BCUT2D eigenvalue weighted by molar-refractivity contribution is 7.16. The molecule has 0 radical (unpaired) electrons. The Kier molecular flexibility index (Phi) is 2.93. The van der Waals surface area contributed by atoms with Gasteiger partial charge in [-0.25, -0.2) is 0 Å². The van der Waals surface area contributed by atoms with E-state index in [1.54, 1.807) is 11.3 Å². The van der Waals surface area contributed by atoms with Crippen molar-refractivity contribution in [1.82, 2.24) is 5.32 Å². The van der Waals surface area contributed by atoms with Crippen molar-refractivity contribution in [3.63, 3.8) is 0 Å². The lowest BCUT2D eigenvalue weighted by atomic mass is 10.1. The van der Waals surface area contributed by atoms with Crippen molar-refractivity contribution in [2.24, 2.45) is 5.92 Å². The maximum absolute atomic E-state index is 12.1. The molecule has 1 amide bonds. The van der Waals surface area contributed by atoms with Crippen LogP contribution in [0, 0.1) is 5.92 Å². The molecule has 0 spiro atoms. The maximum atomic E-state index is 12.1. The van der Waals surface area contributed by atoms with Crippen molar-refractivity contribution >= 4 is 23.0 Å². The molecule has 0 saturated heterocycles. The van der Waals surface area contributed by atoms with E-state index in [0.717, 1.165) is 33.7 Å². The third kappa shape index (κ3) is 2.29. The zero-order chi connectivity index (χ0) is 14.4. The van der Waals surface area contributed by atoms with Crippen LogP contribution in [0.1, 0.15) is 40.5 Å². The topological polar surface area (TPSA) is 46.2 Å². The smallest absolute Gasteiger partial charge is 0.223 e. The van der Waals surface area contributed by atoms with Crippen LogP contribution in [0.15, 0.2) is 36.4 Å². The van der Waals surface area contributed by atoms with Gasteiger partial charge in [0.15, 0.2) is 5.78 Å². The molecule has 106 valence electrons. The fourth-order valence-corrected chi connectivity index (χ4v) is 4.00. The SMILES string of the molecule is O=C1CC(NC(=O)C2CC2)c2sc(-c3ccccc3)cc21. The molecule has 0 bridgehead atoms. The number of hydrogen-bond acceptors (Lipinski definition) is 3. The van der Waals surface area contributed by atoms with E-state index in [-0.39, 0.29) is 23.7 Å². The van der Waals surface area contributed by atoms with Gasteiger partial charge in [-0.05, 0) is 24.5 Å². The second kappa shape index (κ2) is 4.81. The van der Waals surface area contributed by atoms with E-state index in [1.807, 2.05) is 36.4 Å². The summed E-state index contributed by atoms with van der Waals surface area (Å²) in [6, 6.07) is 11.9. The summed E-state index contributed by atoms with van der Waals surface area (Å²) in [5, 5.41) is 3.04. The van der Waals surface area contributed by atoms with Crippen LogP contribution in [0.4, 0.5) is 0 Å². The summed E-state index contributed by atoms with van der Waals surface area (Å²) in [5.41, 5.74) is 1.91. The second-order valence-corrected chi connectivity index (χ2v) is 6.80. The first-order valence-corrected chi connectivity index (χ1v) is 8.07. The summed E-state index contributed by atoms with van der Waals surface area (Å²) in [6.45, 7) is 0. The highest BCUT2D eigenvalue weighted by Gasteiger charge is 2.36. The number of hydrogen-bond donors (Lipinski definition) is 1. The van der Waals surface area contributed by atoms with Crippen LogP contribution in [0.2, 0.25) is 0 Å². The molecule has 1 N–H and O–H groups in total. The molecule has 1 heterocycles. The van der Waals surface area contributed by atoms with E-state index in [9.17, 15) is 9.59 Å². The van der Waals surface area contributed by atoms with Crippen molar-refractivity contribution in [2.75, 3.05) is 0 Å². The molecule has 3 nitrogen and oxygen atoms in total. The van der Waals surface area contributed by atoms with Crippen LogP contribution in [0.25, 0.3) is 10.4 Å². The van der Waals surface area contributed by atoms with Crippen LogP contribution in [-0.2, 0) is 4.79 Å². The Balaban J connectivity index is 1.64. The summed E-state index contributed by atoms with van der Waals surface area (Å²) in [4.78, 5) is 26.2. The Labute approximate surface area is 127 Å². The van der Waals surface area contributed by atoms with Crippen molar-refractivity contribution in [3.05, 3.63) is 46.8 Å². The molecule has 4 heteroatoms. The van der Waals surface area contributed by atoms with Gasteiger partial charge in [0.05, 0.1) is 6.04 Å². The molecule has 1 aromatic heterocycles. The lowest BCUT2D eigenvalue weighted by Gasteiger charge is -2.11. The second-order valence-electron chi connectivity index (χ2n) is 5.72. The molecule has 1 fully saturated rings. The standard InChI is InChI=1S/C17H15NO2S/c19-14-9-13(18-17(20)11-6-7-11)16-12(14)8-15(21-16)10-4-2-1-3-5-10/h1-5,8,11,13H,6-7,9H2,(H,18,20). The first kappa shape index (κ1) is 12.8. The molecule has 4 rings (SSSR count). The van der Waals surface area contributed by atoms with Crippen LogP contribution in [-0.4, -0.2) is 11.7 Å². The number of rotatable bonds is 3. The fourth-order valence-electron chi connectivity index (χ4n) is 2.77. The fraction of sp³-hybridized carbons (Fsp3) is 0.294. The predicted octanol–water partition coefficient (Wildman–Crippen LogP) is 3.57. The first-order valence-electron chi connectivity index (χ1n) is 7.25. The van der Waals surface area contributed by atoms with Crippen molar-refractivity contribution in [2.45, 2.75) is 25.3 Å². The minimum Gasteiger partial charge on any atom is -0.348 e. The van der Waals surface area contributed by atoms with Crippen molar-refractivity contribution < 1.29 is 9.59 Å². The van der Waals surface area contributed by atoms with Gasteiger partial charge in [-0.15, -0.1) is 11.3 Å². The zero-order valence-corrected chi connectivity index (χ0v) is 12.3. The summed E-state index contributed by atoms with van der Waals surface area (Å²) >= 11 is 1.63. The highest BCUT2D eigenvalue weighted by atomic mass is 32.1. The molecule has 1 saturated carbocycles. The minimum atomic E-state index is -0.122. The van der Waals surface area contributed by atoms with Gasteiger partial charge in [0.1, 0.15) is 0 Å². The number of amides is 1. The Hall–Kier alpha value is -1.94. The van der Waals surface area contributed by atoms with E-state index in [2.05, 4.69) is 5.32 Å². The largest absolute Gasteiger partial charge is 0.348 e. The van der Waals surface area contributed by atoms with E-state index in [1.165, 1.54) is 0 Å². The number of ketones is 1. The number of carbonyl (C=O) groups is 2. The summed E-state index contributed by atoms with van der Waals surface area (Å²) < 4.78 is 0. The quantitative estimate of drug-likeness (QED) is 0.941. The Morgan fingerprint density at radius 1 is 1.19 bits per heavy atom. The van der Waals surface area contributed by atoms with Gasteiger partial charge in [-0.1, -0.05) is 30.3 Å². The van der Waals surface area contributed by atoms with Gasteiger partial charge in [-0.2, -0.15) is 0 Å². The monoisotopic (exact) mass is 297 g/mol. The molecule has 0 aliphatic heterocycles. The molecule has 2 aliphatic carbocycles. The Morgan fingerprint density at radius 2 is 1.95 bits per heavy atom. The van der Waals surface area contributed by atoms with Gasteiger partial charge in [-0.3, -0.25) is 9.59 Å². The van der Waals surface area contributed by atoms with Crippen LogP contribution in [0.3, 0.4) is 0 Å². The molecule has 2 aromatic rings. The molecular formula is C17H15NO2S. The number of Topliss-reactive ketones (excluding diaryl/α,β-unsaturated/α-hetero) is 1.